The molecule has 6 heteroatoms. The molecule has 0 heterocycles. The monoisotopic (exact) mass is 486 g/mol. The molecule has 2 N–H and O–H groups in total. The van der Waals surface area contributed by atoms with Crippen LogP contribution in [0.2, 0.25) is 0 Å². The summed E-state index contributed by atoms with van der Waals surface area (Å²) in [6.45, 7) is 2.39. The molecule has 3 atom stereocenters. The van der Waals surface area contributed by atoms with Crippen molar-refractivity contribution in [1.29, 1.82) is 0 Å². The van der Waals surface area contributed by atoms with Gasteiger partial charge in [-0.3, -0.25) is 4.79 Å². The van der Waals surface area contributed by atoms with Crippen molar-refractivity contribution in [3.8, 4) is 11.5 Å². The summed E-state index contributed by atoms with van der Waals surface area (Å²) in [6, 6.07) is 25.1. The number of amides is 2. The molecule has 1 fully saturated rings. The Labute approximate surface area is 213 Å². The quantitative estimate of drug-likeness (QED) is 0.401. The van der Waals surface area contributed by atoms with Crippen LogP contribution in [0.3, 0.4) is 0 Å². The van der Waals surface area contributed by atoms with Crippen LogP contribution in [0.5, 0.6) is 11.5 Å². The smallest absolute Gasteiger partial charge is 0.412 e. The third-order valence-corrected chi connectivity index (χ3v) is 6.88. The molecule has 0 radical (unpaired) electrons. The lowest BCUT2D eigenvalue weighted by Crippen LogP contribution is -2.37. The molecule has 1 saturated carbocycles. The number of hydrogen-bond acceptors (Lipinski definition) is 4. The summed E-state index contributed by atoms with van der Waals surface area (Å²) >= 11 is 0. The highest BCUT2D eigenvalue weighted by molar-refractivity contribution is 5.80. The molecule has 0 aromatic heterocycles. The Morgan fingerprint density at radius 2 is 1.56 bits per heavy atom. The van der Waals surface area contributed by atoms with Crippen LogP contribution in [0.1, 0.15) is 61.3 Å². The molecule has 3 aromatic carbocycles. The Morgan fingerprint density at radius 1 is 0.889 bits per heavy atom. The fourth-order valence-electron chi connectivity index (χ4n) is 4.83. The van der Waals surface area contributed by atoms with Gasteiger partial charge in [-0.05, 0) is 66.6 Å². The Bertz CT molecular complexity index is 1130. The number of hydrogen-bond donors (Lipinski definition) is 2. The number of ether oxygens (including phenoxy) is 2. The Balaban J connectivity index is 1.32. The van der Waals surface area contributed by atoms with Gasteiger partial charge in [0, 0.05) is 12.5 Å². The second-order valence-electron chi connectivity index (χ2n) is 9.30. The summed E-state index contributed by atoms with van der Waals surface area (Å²) in [6.07, 6.45) is 3.60. The zero-order chi connectivity index (χ0) is 25.3. The topological polar surface area (TPSA) is 76.7 Å². The lowest BCUT2D eigenvalue weighted by molar-refractivity contribution is -0.127. The van der Waals surface area contributed by atoms with Crippen LogP contribution in [0.4, 0.5) is 4.79 Å². The SMILES string of the molecule is COc1ccc(OC(=O)NCc2ccc([C@H]3CCCCC3C(=O)N[C@@H](C)c3ccccc3)cc2)cc1. The summed E-state index contributed by atoms with van der Waals surface area (Å²) in [5.74, 6) is 1.44. The Kier molecular flexibility index (Phi) is 8.61. The van der Waals surface area contributed by atoms with Gasteiger partial charge in [0.05, 0.1) is 13.2 Å². The Morgan fingerprint density at radius 3 is 2.25 bits per heavy atom. The van der Waals surface area contributed by atoms with E-state index in [9.17, 15) is 9.59 Å². The van der Waals surface area contributed by atoms with Gasteiger partial charge in [0.2, 0.25) is 5.91 Å². The van der Waals surface area contributed by atoms with Gasteiger partial charge < -0.3 is 20.1 Å². The number of carbonyl (C=O) groups excluding carboxylic acids is 2. The summed E-state index contributed by atoms with van der Waals surface area (Å²) in [5, 5.41) is 6.01. The van der Waals surface area contributed by atoms with Crippen LogP contribution < -0.4 is 20.1 Å². The van der Waals surface area contributed by atoms with E-state index in [1.54, 1.807) is 31.4 Å². The first-order valence-corrected chi connectivity index (χ1v) is 12.6. The fourth-order valence-corrected chi connectivity index (χ4v) is 4.83. The average Bonchev–Trinajstić information content (AvgIpc) is 2.93. The summed E-state index contributed by atoms with van der Waals surface area (Å²) in [7, 11) is 1.59. The minimum Gasteiger partial charge on any atom is -0.497 e. The van der Waals surface area contributed by atoms with Crippen LogP contribution in [0.25, 0.3) is 0 Å². The van der Waals surface area contributed by atoms with E-state index in [-0.39, 0.29) is 23.8 Å². The van der Waals surface area contributed by atoms with Crippen molar-refractivity contribution in [2.45, 2.75) is 51.1 Å². The predicted octanol–water partition coefficient (Wildman–Crippen LogP) is 6.14. The van der Waals surface area contributed by atoms with E-state index < -0.39 is 6.09 Å². The highest BCUT2D eigenvalue weighted by Crippen LogP contribution is 2.38. The molecule has 0 bridgehead atoms. The normalized spacial score (nSPS) is 18.1. The van der Waals surface area contributed by atoms with E-state index in [4.69, 9.17) is 9.47 Å². The van der Waals surface area contributed by atoms with E-state index in [0.717, 1.165) is 36.8 Å². The van der Waals surface area contributed by atoms with Gasteiger partial charge >= 0.3 is 6.09 Å². The molecular weight excluding hydrogens is 452 g/mol. The van der Waals surface area contributed by atoms with Crippen LogP contribution in [-0.2, 0) is 11.3 Å². The second-order valence-corrected chi connectivity index (χ2v) is 9.30. The minimum atomic E-state index is -0.513. The lowest BCUT2D eigenvalue weighted by Gasteiger charge is -2.32. The van der Waals surface area contributed by atoms with Crippen molar-refractivity contribution in [3.05, 3.63) is 95.6 Å². The van der Waals surface area contributed by atoms with Gasteiger partial charge in [0.15, 0.2) is 0 Å². The summed E-state index contributed by atoms with van der Waals surface area (Å²) in [5.41, 5.74) is 3.26. The van der Waals surface area contributed by atoms with Gasteiger partial charge in [0.25, 0.3) is 0 Å². The number of rotatable bonds is 8. The molecule has 6 nitrogen and oxygen atoms in total. The van der Waals surface area contributed by atoms with Gasteiger partial charge in [-0.2, -0.15) is 0 Å². The van der Waals surface area contributed by atoms with Crippen molar-refractivity contribution >= 4 is 12.0 Å². The third-order valence-electron chi connectivity index (χ3n) is 6.88. The van der Waals surface area contributed by atoms with Gasteiger partial charge in [-0.25, -0.2) is 4.79 Å². The molecule has 2 amide bonds. The van der Waals surface area contributed by atoms with E-state index in [0.29, 0.717) is 18.0 Å². The number of nitrogens with one attached hydrogen (secondary N) is 2. The van der Waals surface area contributed by atoms with Crippen molar-refractivity contribution in [2.75, 3.05) is 7.11 Å². The third kappa shape index (κ3) is 6.66. The second kappa shape index (κ2) is 12.2. The molecule has 0 aliphatic heterocycles. The molecule has 1 aliphatic rings. The summed E-state index contributed by atoms with van der Waals surface area (Å²) < 4.78 is 10.4. The zero-order valence-corrected chi connectivity index (χ0v) is 20.9. The fraction of sp³-hybridized carbons (Fsp3) is 0.333. The number of carbonyl (C=O) groups is 2. The zero-order valence-electron chi connectivity index (χ0n) is 20.9. The number of methoxy groups -OCH3 is 1. The number of benzene rings is 3. The molecule has 0 saturated heterocycles. The van der Waals surface area contributed by atoms with Crippen LogP contribution in [0.15, 0.2) is 78.9 Å². The van der Waals surface area contributed by atoms with Gasteiger partial charge in [-0.1, -0.05) is 67.4 Å². The van der Waals surface area contributed by atoms with E-state index in [1.165, 1.54) is 5.56 Å². The molecule has 1 aliphatic carbocycles. The van der Waals surface area contributed by atoms with Crippen molar-refractivity contribution in [1.82, 2.24) is 10.6 Å². The summed E-state index contributed by atoms with van der Waals surface area (Å²) in [4.78, 5) is 25.4. The first-order chi connectivity index (χ1) is 17.5. The molecular formula is C30H34N2O4. The molecule has 36 heavy (non-hydrogen) atoms. The van der Waals surface area contributed by atoms with E-state index >= 15 is 0 Å². The van der Waals surface area contributed by atoms with Crippen molar-refractivity contribution in [3.63, 3.8) is 0 Å². The molecule has 188 valence electrons. The highest BCUT2D eigenvalue weighted by atomic mass is 16.6. The largest absolute Gasteiger partial charge is 0.497 e. The predicted molar refractivity (Wildman–Crippen MR) is 140 cm³/mol. The standard InChI is InChI=1S/C30H34N2O4/c1-21(23-8-4-3-5-9-23)32-29(33)28-11-7-6-10-27(28)24-14-12-22(13-15-24)20-31-30(34)36-26-18-16-25(35-2)17-19-26/h3-5,8-9,12-19,21,27-28H,6-7,10-11,20H2,1-2H3,(H,31,34)(H,32,33)/t21-,27+,28?/m0/s1. The lowest BCUT2D eigenvalue weighted by atomic mass is 9.75. The van der Waals surface area contributed by atoms with Gasteiger partial charge in [0.1, 0.15) is 11.5 Å². The molecule has 4 rings (SSSR count). The van der Waals surface area contributed by atoms with Crippen LogP contribution in [-0.4, -0.2) is 19.1 Å². The van der Waals surface area contributed by atoms with E-state index in [2.05, 4.69) is 22.8 Å². The minimum absolute atomic E-state index is 0.0209. The molecule has 0 spiro atoms. The highest BCUT2D eigenvalue weighted by Gasteiger charge is 2.32. The van der Waals surface area contributed by atoms with Crippen LogP contribution >= 0.6 is 0 Å². The first kappa shape index (κ1) is 25.3. The molecule has 1 unspecified atom stereocenters. The van der Waals surface area contributed by atoms with E-state index in [1.807, 2.05) is 49.4 Å². The van der Waals surface area contributed by atoms with Gasteiger partial charge in [-0.15, -0.1) is 0 Å². The van der Waals surface area contributed by atoms with Crippen LogP contribution in [0, 0.1) is 5.92 Å². The average molecular weight is 487 g/mol. The maximum absolute atomic E-state index is 13.2. The first-order valence-electron chi connectivity index (χ1n) is 12.6. The maximum Gasteiger partial charge on any atom is 0.412 e. The van der Waals surface area contributed by atoms with Crippen molar-refractivity contribution in [2.24, 2.45) is 5.92 Å². The van der Waals surface area contributed by atoms with Crippen molar-refractivity contribution < 1.29 is 19.1 Å². The molecule has 3 aromatic rings. The maximum atomic E-state index is 13.2. The Hall–Kier alpha value is -3.80.